The molecule has 0 aliphatic rings. The number of hydrogen-bond acceptors (Lipinski definition) is 6. The number of amides is 2. The average Bonchev–Trinajstić information content (AvgIpc) is 2.85. The van der Waals surface area contributed by atoms with E-state index in [9.17, 15) is 9.59 Å². The molecule has 0 atom stereocenters. The number of nitrogen functional groups attached to an aromatic ring is 1. The van der Waals surface area contributed by atoms with E-state index in [4.69, 9.17) is 32.2 Å². The summed E-state index contributed by atoms with van der Waals surface area (Å²) < 4.78 is 10.8. The van der Waals surface area contributed by atoms with Gasteiger partial charge in [-0.3, -0.25) is 20.0 Å². The fourth-order valence-corrected chi connectivity index (χ4v) is 3.21. The van der Waals surface area contributed by atoms with Crippen molar-refractivity contribution in [2.45, 2.75) is 13.1 Å². The number of nitrogens with two attached hydrogens (primary N) is 1. The van der Waals surface area contributed by atoms with Crippen molar-refractivity contribution in [3.63, 3.8) is 0 Å². The highest BCUT2D eigenvalue weighted by atomic mass is 35.5. The van der Waals surface area contributed by atoms with Crippen molar-refractivity contribution in [2.75, 3.05) is 13.7 Å². The highest BCUT2D eigenvalue weighted by molar-refractivity contribution is 6.31. The van der Waals surface area contributed by atoms with E-state index in [0.717, 1.165) is 5.56 Å². The Morgan fingerprint density at radius 3 is 2.62 bits per heavy atom. The molecule has 5 N–H and O–H groups in total. The summed E-state index contributed by atoms with van der Waals surface area (Å²) in [5.74, 6) is -0.0554. The molecule has 3 aromatic rings. The smallest absolute Gasteiger partial charge is 0.258 e. The number of benzene rings is 2. The summed E-state index contributed by atoms with van der Waals surface area (Å²) in [5, 5.41) is 13.6. The Kier molecular flexibility index (Phi) is 8.42. The predicted molar refractivity (Wildman–Crippen MR) is 128 cm³/mol. The second-order valence-corrected chi connectivity index (χ2v) is 7.66. The van der Waals surface area contributed by atoms with E-state index in [0.29, 0.717) is 39.8 Å². The topological polar surface area (TPSA) is 139 Å². The van der Waals surface area contributed by atoms with Gasteiger partial charge in [0.1, 0.15) is 17.3 Å². The Labute approximate surface area is 201 Å². The number of nitrogens with one attached hydrogen (secondary N) is 3. The van der Waals surface area contributed by atoms with Gasteiger partial charge in [0.2, 0.25) is 0 Å². The lowest BCUT2D eigenvalue weighted by Gasteiger charge is -2.14. The number of amidine groups is 1. The summed E-state index contributed by atoms with van der Waals surface area (Å²) in [6, 6.07) is 13.2. The molecule has 0 aliphatic carbocycles. The van der Waals surface area contributed by atoms with Gasteiger partial charge in [-0.1, -0.05) is 29.8 Å². The molecule has 3 rings (SSSR count). The van der Waals surface area contributed by atoms with Crippen molar-refractivity contribution < 1.29 is 19.1 Å². The molecule has 2 aromatic carbocycles. The maximum atomic E-state index is 12.6. The summed E-state index contributed by atoms with van der Waals surface area (Å²) in [4.78, 5) is 28.9. The fourth-order valence-electron chi connectivity index (χ4n) is 2.99. The molecule has 0 bridgehead atoms. The lowest BCUT2D eigenvalue weighted by atomic mass is 10.1. The molecule has 0 radical (unpaired) electrons. The standard InChI is InChI=1S/C24H24ClN5O4/c1-33-20-8-18(7-19(25)10-20)24(32)30-13-17-5-4-16(23(26)27)9-21(17)34-14-22(31)29-12-15-3-2-6-28-11-15/h2-11H,12-14H2,1H3,(H3,26,27)(H,29,31)(H,30,32). The zero-order valence-corrected chi connectivity index (χ0v) is 19.2. The fraction of sp³-hybridized carbons (Fsp3) is 0.167. The normalized spacial score (nSPS) is 10.3. The van der Waals surface area contributed by atoms with E-state index < -0.39 is 0 Å². The monoisotopic (exact) mass is 481 g/mol. The summed E-state index contributed by atoms with van der Waals surface area (Å²) in [5.41, 5.74) is 7.82. The largest absolute Gasteiger partial charge is 0.497 e. The first kappa shape index (κ1) is 24.5. The summed E-state index contributed by atoms with van der Waals surface area (Å²) in [6.07, 6.45) is 3.31. The molecule has 10 heteroatoms. The van der Waals surface area contributed by atoms with Gasteiger partial charge in [0.15, 0.2) is 6.61 Å². The lowest BCUT2D eigenvalue weighted by Crippen LogP contribution is -2.29. The molecule has 0 aliphatic heterocycles. The Bertz CT molecular complexity index is 1190. The van der Waals surface area contributed by atoms with Gasteiger partial charge < -0.3 is 25.8 Å². The first-order valence-electron chi connectivity index (χ1n) is 10.2. The zero-order chi connectivity index (χ0) is 24.5. The van der Waals surface area contributed by atoms with Crippen LogP contribution in [0.15, 0.2) is 60.9 Å². The summed E-state index contributed by atoms with van der Waals surface area (Å²) >= 11 is 6.04. The minimum Gasteiger partial charge on any atom is -0.497 e. The number of aromatic nitrogens is 1. The Morgan fingerprint density at radius 2 is 1.91 bits per heavy atom. The third kappa shape index (κ3) is 6.94. The van der Waals surface area contributed by atoms with Crippen molar-refractivity contribution >= 4 is 29.3 Å². The maximum absolute atomic E-state index is 12.6. The molecule has 0 unspecified atom stereocenters. The highest BCUT2D eigenvalue weighted by Crippen LogP contribution is 2.23. The van der Waals surface area contributed by atoms with Crippen LogP contribution < -0.4 is 25.8 Å². The Balaban J connectivity index is 1.66. The van der Waals surface area contributed by atoms with E-state index in [-0.39, 0.29) is 30.8 Å². The van der Waals surface area contributed by atoms with E-state index in [2.05, 4.69) is 15.6 Å². The van der Waals surface area contributed by atoms with Gasteiger partial charge in [-0.15, -0.1) is 0 Å². The van der Waals surface area contributed by atoms with Gasteiger partial charge in [0.05, 0.1) is 7.11 Å². The maximum Gasteiger partial charge on any atom is 0.258 e. The molecule has 0 fully saturated rings. The van der Waals surface area contributed by atoms with Crippen molar-refractivity contribution in [1.82, 2.24) is 15.6 Å². The molecular formula is C24H24ClN5O4. The molecular weight excluding hydrogens is 458 g/mol. The van der Waals surface area contributed by atoms with Gasteiger partial charge in [0.25, 0.3) is 11.8 Å². The van der Waals surface area contributed by atoms with E-state index in [1.54, 1.807) is 48.8 Å². The van der Waals surface area contributed by atoms with Crippen LogP contribution in [0.25, 0.3) is 0 Å². The minimum atomic E-state index is -0.364. The molecule has 9 nitrogen and oxygen atoms in total. The van der Waals surface area contributed by atoms with E-state index >= 15 is 0 Å². The first-order valence-corrected chi connectivity index (χ1v) is 10.6. The number of hydrogen-bond donors (Lipinski definition) is 4. The molecule has 176 valence electrons. The number of methoxy groups -OCH3 is 1. The van der Waals surface area contributed by atoms with Crippen molar-refractivity contribution in [2.24, 2.45) is 5.73 Å². The molecule has 1 aromatic heterocycles. The number of rotatable bonds is 10. The summed E-state index contributed by atoms with van der Waals surface area (Å²) in [7, 11) is 1.49. The third-order valence-corrected chi connectivity index (χ3v) is 4.98. The third-order valence-electron chi connectivity index (χ3n) is 4.76. The molecule has 0 spiro atoms. The number of carbonyl (C=O) groups excluding carboxylic acids is 2. The Morgan fingerprint density at radius 1 is 1.09 bits per heavy atom. The average molecular weight is 482 g/mol. The van der Waals surface area contributed by atoms with Gasteiger partial charge in [0, 0.05) is 47.2 Å². The lowest BCUT2D eigenvalue weighted by molar-refractivity contribution is -0.123. The van der Waals surface area contributed by atoms with Gasteiger partial charge in [-0.25, -0.2) is 0 Å². The number of pyridine rings is 1. The van der Waals surface area contributed by atoms with Crippen LogP contribution in [0.4, 0.5) is 0 Å². The van der Waals surface area contributed by atoms with E-state index in [1.807, 2.05) is 6.07 Å². The molecule has 0 saturated carbocycles. The number of nitrogens with zero attached hydrogens (tertiary/aromatic N) is 1. The molecule has 0 saturated heterocycles. The van der Waals surface area contributed by atoms with Crippen LogP contribution in [-0.2, 0) is 17.9 Å². The van der Waals surface area contributed by atoms with Gasteiger partial charge >= 0.3 is 0 Å². The van der Waals surface area contributed by atoms with Crippen molar-refractivity contribution in [1.29, 1.82) is 5.41 Å². The predicted octanol–water partition coefficient (Wildman–Crippen LogP) is 2.65. The summed E-state index contributed by atoms with van der Waals surface area (Å²) in [6.45, 7) is 0.169. The Hall–Kier alpha value is -4.11. The highest BCUT2D eigenvalue weighted by Gasteiger charge is 2.13. The van der Waals surface area contributed by atoms with Crippen molar-refractivity contribution in [3.8, 4) is 11.5 Å². The molecule has 2 amide bonds. The van der Waals surface area contributed by atoms with Crippen molar-refractivity contribution in [3.05, 3.63) is 88.2 Å². The van der Waals surface area contributed by atoms with E-state index in [1.165, 1.54) is 13.2 Å². The van der Waals surface area contributed by atoms with Gasteiger partial charge in [-0.05, 0) is 35.9 Å². The first-order chi connectivity index (χ1) is 16.4. The molecule has 34 heavy (non-hydrogen) atoms. The van der Waals surface area contributed by atoms with Crippen LogP contribution in [0.1, 0.15) is 27.0 Å². The number of ether oxygens (including phenoxy) is 2. The van der Waals surface area contributed by atoms with Crippen LogP contribution in [0.2, 0.25) is 5.02 Å². The number of halogens is 1. The number of carbonyl (C=O) groups is 2. The minimum absolute atomic E-state index is 0.110. The second kappa shape index (κ2) is 11.7. The van der Waals surface area contributed by atoms with Gasteiger partial charge in [-0.2, -0.15) is 0 Å². The second-order valence-electron chi connectivity index (χ2n) is 7.23. The van der Waals surface area contributed by atoms with Crippen LogP contribution >= 0.6 is 11.6 Å². The quantitative estimate of drug-likeness (QED) is 0.259. The van der Waals surface area contributed by atoms with Crippen LogP contribution in [0, 0.1) is 5.41 Å². The van der Waals surface area contributed by atoms with Crippen LogP contribution in [-0.4, -0.2) is 36.4 Å². The van der Waals surface area contributed by atoms with Crippen LogP contribution in [0.5, 0.6) is 11.5 Å². The zero-order valence-electron chi connectivity index (χ0n) is 18.4. The molecule has 1 heterocycles. The SMILES string of the molecule is COc1cc(Cl)cc(C(=O)NCc2ccc(C(=N)N)cc2OCC(=O)NCc2cccnc2)c1. The van der Waals surface area contributed by atoms with Crippen LogP contribution in [0.3, 0.4) is 0 Å².